The molecule has 2 saturated heterocycles. The van der Waals surface area contributed by atoms with Gasteiger partial charge in [0.2, 0.25) is 0 Å². The number of hydrogen-bond donors (Lipinski definition) is 1. The summed E-state index contributed by atoms with van der Waals surface area (Å²) >= 11 is 0. The molecule has 2 heterocycles. The van der Waals surface area contributed by atoms with E-state index in [2.05, 4.69) is 18.7 Å². The van der Waals surface area contributed by atoms with E-state index in [1.807, 2.05) is 0 Å². The van der Waals surface area contributed by atoms with Crippen LogP contribution in [-0.2, 0) is 4.74 Å². The maximum Gasteiger partial charge on any atom is 0.0587 e. The van der Waals surface area contributed by atoms with Gasteiger partial charge in [-0.15, -0.1) is 0 Å². The van der Waals surface area contributed by atoms with E-state index in [1.54, 1.807) is 0 Å². The third-order valence-corrected chi connectivity index (χ3v) is 4.76. The molecule has 2 fully saturated rings. The monoisotopic (exact) mass is 240 g/mol. The van der Waals surface area contributed by atoms with Crippen molar-refractivity contribution in [2.45, 2.75) is 51.7 Å². The third kappa shape index (κ3) is 3.21. The Kier molecular flexibility index (Phi) is 4.83. The van der Waals surface area contributed by atoms with Gasteiger partial charge in [-0.05, 0) is 50.6 Å². The molecule has 100 valence electrons. The average molecular weight is 240 g/mol. The molecular weight excluding hydrogens is 212 g/mol. The molecule has 17 heavy (non-hydrogen) atoms. The molecule has 0 aromatic rings. The van der Waals surface area contributed by atoms with Crippen molar-refractivity contribution in [2.24, 2.45) is 17.6 Å². The van der Waals surface area contributed by atoms with Crippen molar-refractivity contribution >= 4 is 0 Å². The van der Waals surface area contributed by atoms with Gasteiger partial charge < -0.3 is 10.5 Å². The summed E-state index contributed by atoms with van der Waals surface area (Å²) in [7, 11) is 0. The molecule has 2 rings (SSSR count). The minimum atomic E-state index is 0.490. The van der Waals surface area contributed by atoms with Crippen molar-refractivity contribution < 1.29 is 4.74 Å². The predicted molar refractivity (Wildman–Crippen MR) is 71.0 cm³/mol. The minimum Gasteiger partial charge on any atom is -0.378 e. The second-order valence-corrected chi connectivity index (χ2v) is 5.84. The highest BCUT2D eigenvalue weighted by atomic mass is 16.5. The fraction of sp³-hybridized carbons (Fsp3) is 1.00. The van der Waals surface area contributed by atoms with Crippen LogP contribution in [0.2, 0.25) is 0 Å². The summed E-state index contributed by atoms with van der Waals surface area (Å²) in [6.45, 7) is 8.85. The van der Waals surface area contributed by atoms with Crippen LogP contribution >= 0.6 is 0 Å². The quantitative estimate of drug-likeness (QED) is 0.818. The molecule has 0 radical (unpaired) electrons. The Balaban J connectivity index is 1.89. The van der Waals surface area contributed by atoms with Gasteiger partial charge in [0, 0.05) is 19.2 Å². The van der Waals surface area contributed by atoms with E-state index in [0.717, 1.165) is 31.5 Å². The molecule has 3 nitrogen and oxygen atoms in total. The van der Waals surface area contributed by atoms with Crippen LogP contribution in [0.1, 0.15) is 39.5 Å². The molecule has 0 spiro atoms. The lowest BCUT2D eigenvalue weighted by molar-refractivity contribution is -0.0404. The Bertz CT molecular complexity index is 234. The van der Waals surface area contributed by atoms with Gasteiger partial charge in [0.15, 0.2) is 0 Å². The van der Waals surface area contributed by atoms with Crippen LogP contribution in [0.5, 0.6) is 0 Å². The number of likely N-dealkylation sites (tertiary alicyclic amines) is 1. The molecular formula is C14H28N2O. The van der Waals surface area contributed by atoms with Crippen molar-refractivity contribution in [3.63, 3.8) is 0 Å². The molecule has 0 aromatic carbocycles. The summed E-state index contributed by atoms with van der Waals surface area (Å²) in [5.41, 5.74) is 5.89. The van der Waals surface area contributed by atoms with Gasteiger partial charge in [-0.25, -0.2) is 0 Å². The highest BCUT2D eigenvalue weighted by molar-refractivity contribution is 4.85. The van der Waals surface area contributed by atoms with E-state index in [-0.39, 0.29) is 0 Å². The van der Waals surface area contributed by atoms with Crippen molar-refractivity contribution in [3.8, 4) is 0 Å². The van der Waals surface area contributed by atoms with E-state index in [1.165, 1.54) is 32.4 Å². The average Bonchev–Trinajstić information content (AvgIpc) is 2.39. The van der Waals surface area contributed by atoms with Gasteiger partial charge in [-0.3, -0.25) is 4.90 Å². The van der Waals surface area contributed by atoms with Crippen LogP contribution in [0.15, 0.2) is 0 Å². The first kappa shape index (κ1) is 13.3. The van der Waals surface area contributed by atoms with E-state index in [9.17, 15) is 0 Å². The normalized spacial score (nSPS) is 40.4. The standard InChI is InChI=1S/C14H28N2O/c1-3-14-8-13(5-7-17-14)16-6-4-11(2)12(9-15)10-16/h11-14H,3-10,15H2,1-2H3. The zero-order chi connectivity index (χ0) is 12.3. The van der Waals surface area contributed by atoms with Crippen molar-refractivity contribution in [1.82, 2.24) is 4.90 Å². The molecule has 3 heteroatoms. The molecule has 0 bridgehead atoms. The van der Waals surface area contributed by atoms with E-state index < -0.39 is 0 Å². The number of hydrogen-bond acceptors (Lipinski definition) is 3. The number of nitrogens with two attached hydrogens (primary N) is 1. The van der Waals surface area contributed by atoms with Gasteiger partial charge in [0.1, 0.15) is 0 Å². The summed E-state index contributed by atoms with van der Waals surface area (Å²) in [6, 6.07) is 0.746. The maximum absolute atomic E-state index is 5.89. The lowest BCUT2D eigenvalue weighted by Crippen LogP contribution is -2.50. The first-order valence-corrected chi connectivity index (χ1v) is 7.30. The lowest BCUT2D eigenvalue weighted by Gasteiger charge is -2.43. The molecule has 2 N–H and O–H groups in total. The van der Waals surface area contributed by atoms with E-state index >= 15 is 0 Å². The van der Waals surface area contributed by atoms with Crippen molar-refractivity contribution in [1.29, 1.82) is 0 Å². The Morgan fingerprint density at radius 3 is 2.88 bits per heavy atom. The topological polar surface area (TPSA) is 38.5 Å². The molecule has 0 saturated carbocycles. The molecule has 0 aliphatic carbocycles. The Morgan fingerprint density at radius 1 is 1.35 bits per heavy atom. The zero-order valence-electron chi connectivity index (χ0n) is 11.4. The number of ether oxygens (including phenoxy) is 1. The maximum atomic E-state index is 5.89. The van der Waals surface area contributed by atoms with Gasteiger partial charge >= 0.3 is 0 Å². The largest absolute Gasteiger partial charge is 0.378 e. The molecule has 2 aliphatic rings. The Morgan fingerprint density at radius 2 is 2.18 bits per heavy atom. The van der Waals surface area contributed by atoms with E-state index in [0.29, 0.717) is 12.0 Å². The lowest BCUT2D eigenvalue weighted by atomic mass is 9.85. The molecule has 0 aromatic heterocycles. The fourth-order valence-electron chi connectivity index (χ4n) is 3.29. The number of piperidine rings is 1. The minimum absolute atomic E-state index is 0.490. The summed E-state index contributed by atoms with van der Waals surface area (Å²) in [4.78, 5) is 2.68. The summed E-state index contributed by atoms with van der Waals surface area (Å²) < 4.78 is 5.77. The van der Waals surface area contributed by atoms with Gasteiger partial charge in [-0.2, -0.15) is 0 Å². The summed E-state index contributed by atoms with van der Waals surface area (Å²) in [6.07, 6.45) is 5.39. The molecule has 4 atom stereocenters. The molecule has 4 unspecified atom stereocenters. The highest BCUT2D eigenvalue weighted by Gasteiger charge is 2.32. The SMILES string of the molecule is CCC1CC(N2CCC(C)C(CN)C2)CCO1. The second-order valence-electron chi connectivity index (χ2n) is 5.84. The van der Waals surface area contributed by atoms with E-state index in [4.69, 9.17) is 10.5 Å². The highest BCUT2D eigenvalue weighted by Crippen LogP contribution is 2.28. The first-order chi connectivity index (χ1) is 8.24. The van der Waals surface area contributed by atoms with Crippen molar-refractivity contribution in [2.75, 3.05) is 26.2 Å². The third-order valence-electron chi connectivity index (χ3n) is 4.76. The molecule has 2 aliphatic heterocycles. The molecule has 0 amide bonds. The predicted octanol–water partition coefficient (Wildman–Crippen LogP) is 1.86. The van der Waals surface area contributed by atoms with Crippen LogP contribution in [0.25, 0.3) is 0 Å². The summed E-state index contributed by atoms with van der Waals surface area (Å²) in [5.74, 6) is 1.50. The van der Waals surface area contributed by atoms with Crippen LogP contribution in [0.4, 0.5) is 0 Å². The number of rotatable bonds is 3. The van der Waals surface area contributed by atoms with Crippen LogP contribution in [0.3, 0.4) is 0 Å². The van der Waals surface area contributed by atoms with Gasteiger partial charge in [0.25, 0.3) is 0 Å². The zero-order valence-corrected chi connectivity index (χ0v) is 11.4. The fourth-order valence-corrected chi connectivity index (χ4v) is 3.29. The smallest absolute Gasteiger partial charge is 0.0587 e. The van der Waals surface area contributed by atoms with Crippen molar-refractivity contribution in [3.05, 3.63) is 0 Å². The number of nitrogens with zero attached hydrogens (tertiary/aromatic N) is 1. The first-order valence-electron chi connectivity index (χ1n) is 7.30. The van der Waals surface area contributed by atoms with Crippen LogP contribution in [-0.4, -0.2) is 43.3 Å². The van der Waals surface area contributed by atoms with Gasteiger partial charge in [-0.1, -0.05) is 13.8 Å². The van der Waals surface area contributed by atoms with Gasteiger partial charge in [0.05, 0.1) is 6.10 Å². The summed E-state index contributed by atoms with van der Waals surface area (Å²) in [5, 5.41) is 0. The second kappa shape index (κ2) is 6.17. The van der Waals surface area contributed by atoms with Crippen LogP contribution < -0.4 is 5.73 Å². The Hall–Kier alpha value is -0.120. The Labute approximate surface area is 106 Å². The van der Waals surface area contributed by atoms with Crippen LogP contribution in [0, 0.1) is 11.8 Å².